The Balaban J connectivity index is 0.00000171. The summed E-state index contributed by atoms with van der Waals surface area (Å²) in [6.45, 7) is 0.898. The molecule has 31 heavy (non-hydrogen) atoms. The third kappa shape index (κ3) is 5.10. The predicted octanol–water partition coefficient (Wildman–Crippen LogP) is 3.52. The Hall–Kier alpha value is -1.97. The number of nitrogens with one attached hydrogen (secondary N) is 1. The lowest BCUT2D eigenvalue weighted by atomic mass is 10.0. The number of aromatic nitrogens is 1. The average molecular weight is 501 g/mol. The number of benzene rings is 2. The number of halogens is 2. The lowest BCUT2D eigenvalue weighted by Gasteiger charge is -2.16. The smallest absolute Gasteiger partial charge is 0.186 e. The molecule has 0 spiro atoms. The van der Waals surface area contributed by atoms with Gasteiger partial charge in [0.1, 0.15) is 5.25 Å². The molecule has 0 fully saturated rings. The zero-order valence-corrected chi connectivity index (χ0v) is 19.6. The molecule has 2 heterocycles. The zero-order valence-electron chi connectivity index (χ0n) is 16.3. The Morgan fingerprint density at radius 3 is 2.35 bits per heavy atom. The third-order valence-electron chi connectivity index (χ3n) is 5.00. The van der Waals surface area contributed by atoms with Crippen LogP contribution in [0.15, 0.2) is 82.8 Å². The van der Waals surface area contributed by atoms with Crippen LogP contribution < -0.4 is 5.32 Å². The Morgan fingerprint density at radius 1 is 0.935 bits per heavy atom. The van der Waals surface area contributed by atoms with Crippen LogP contribution in [0.5, 0.6) is 0 Å². The highest BCUT2D eigenvalue weighted by Gasteiger charge is 2.44. The summed E-state index contributed by atoms with van der Waals surface area (Å²) in [5, 5.41) is 2.15. The van der Waals surface area contributed by atoms with Gasteiger partial charge in [-0.3, -0.25) is 4.98 Å². The first-order chi connectivity index (χ1) is 13.9. The van der Waals surface area contributed by atoms with Crippen LogP contribution in [0, 0.1) is 0 Å². The topological polar surface area (TPSA) is 93.2 Å². The van der Waals surface area contributed by atoms with Gasteiger partial charge in [-0.05, 0) is 41.0 Å². The van der Waals surface area contributed by atoms with Crippen molar-refractivity contribution in [1.29, 1.82) is 0 Å². The van der Waals surface area contributed by atoms with Gasteiger partial charge in [-0.1, -0.05) is 36.4 Å². The van der Waals surface area contributed by atoms with Crippen LogP contribution in [0.3, 0.4) is 0 Å². The van der Waals surface area contributed by atoms with Crippen molar-refractivity contribution in [3.8, 4) is 0 Å². The van der Waals surface area contributed by atoms with E-state index in [2.05, 4.69) is 10.3 Å². The van der Waals surface area contributed by atoms with E-state index in [4.69, 9.17) is 0 Å². The van der Waals surface area contributed by atoms with Crippen molar-refractivity contribution in [2.24, 2.45) is 0 Å². The first-order valence-corrected chi connectivity index (χ1v) is 12.3. The number of rotatable bonds is 6. The number of pyridine rings is 1. The molecule has 166 valence electrons. The van der Waals surface area contributed by atoms with Gasteiger partial charge in [-0.15, -0.1) is 24.8 Å². The number of nitrogens with zero attached hydrogens (tertiary/aromatic N) is 1. The standard InChI is InChI=1S/C21H20N2O4S2.2ClH/c24-28(25)15-20(29(26,27)18-8-2-1-3-9-18)21-17(7-4-10-19(21)28)14-23-13-16-6-5-11-22-12-16;;/h1-12,20,23H,13-15H2;2*1H. The minimum atomic E-state index is -3.84. The van der Waals surface area contributed by atoms with E-state index in [1.54, 1.807) is 42.7 Å². The van der Waals surface area contributed by atoms with E-state index < -0.39 is 30.7 Å². The second-order valence-electron chi connectivity index (χ2n) is 6.92. The largest absolute Gasteiger partial charge is 0.309 e. The van der Waals surface area contributed by atoms with Crippen LogP contribution in [0.4, 0.5) is 0 Å². The molecule has 0 radical (unpaired) electrons. The van der Waals surface area contributed by atoms with Crippen LogP contribution in [0.1, 0.15) is 21.9 Å². The van der Waals surface area contributed by atoms with Crippen LogP contribution >= 0.6 is 24.8 Å². The van der Waals surface area contributed by atoms with Crippen LogP contribution in [0.2, 0.25) is 0 Å². The molecule has 3 aromatic rings. The van der Waals surface area contributed by atoms with Crippen molar-refractivity contribution in [2.75, 3.05) is 5.75 Å². The molecule has 10 heteroatoms. The lowest BCUT2D eigenvalue weighted by Crippen LogP contribution is -2.19. The van der Waals surface area contributed by atoms with E-state index in [-0.39, 0.29) is 34.6 Å². The average Bonchev–Trinajstić information content (AvgIpc) is 3.02. The molecule has 4 rings (SSSR count). The van der Waals surface area contributed by atoms with Gasteiger partial charge in [-0.25, -0.2) is 16.8 Å². The van der Waals surface area contributed by atoms with Gasteiger partial charge in [0.15, 0.2) is 19.7 Å². The van der Waals surface area contributed by atoms with Crippen molar-refractivity contribution in [1.82, 2.24) is 10.3 Å². The fourth-order valence-corrected chi connectivity index (χ4v) is 8.04. The molecule has 1 aliphatic rings. The molecule has 1 aliphatic heterocycles. The molecule has 1 unspecified atom stereocenters. The van der Waals surface area contributed by atoms with Gasteiger partial charge in [0, 0.05) is 25.5 Å². The summed E-state index contributed by atoms with van der Waals surface area (Å²) in [5.41, 5.74) is 2.05. The molecule has 0 saturated heterocycles. The molecule has 0 aliphatic carbocycles. The summed E-state index contributed by atoms with van der Waals surface area (Å²) in [7, 11) is -7.50. The van der Waals surface area contributed by atoms with Crippen molar-refractivity contribution in [3.63, 3.8) is 0 Å². The minimum absolute atomic E-state index is 0. The SMILES string of the molecule is Cl.Cl.O=S1(=O)CC(S(=O)(=O)c2ccccc2)c2c(CNCc3cccnc3)cccc21. The number of sulfone groups is 2. The van der Waals surface area contributed by atoms with E-state index in [0.29, 0.717) is 24.2 Å². The van der Waals surface area contributed by atoms with Crippen molar-refractivity contribution in [3.05, 3.63) is 89.7 Å². The van der Waals surface area contributed by atoms with Gasteiger partial charge in [0.2, 0.25) is 0 Å². The zero-order chi connectivity index (χ0) is 20.5. The minimum Gasteiger partial charge on any atom is -0.309 e. The molecular weight excluding hydrogens is 479 g/mol. The fourth-order valence-electron chi connectivity index (χ4n) is 3.62. The highest BCUT2D eigenvalue weighted by atomic mass is 35.5. The highest BCUT2D eigenvalue weighted by Crippen LogP contribution is 2.42. The van der Waals surface area contributed by atoms with Gasteiger partial charge >= 0.3 is 0 Å². The Morgan fingerprint density at radius 2 is 1.68 bits per heavy atom. The van der Waals surface area contributed by atoms with E-state index in [1.807, 2.05) is 12.1 Å². The monoisotopic (exact) mass is 500 g/mol. The van der Waals surface area contributed by atoms with E-state index in [9.17, 15) is 16.8 Å². The lowest BCUT2D eigenvalue weighted by molar-refractivity contribution is 0.581. The Labute approximate surface area is 194 Å². The van der Waals surface area contributed by atoms with Crippen molar-refractivity contribution in [2.45, 2.75) is 28.1 Å². The second kappa shape index (κ2) is 10.1. The van der Waals surface area contributed by atoms with Crippen LogP contribution in [-0.2, 0) is 32.8 Å². The van der Waals surface area contributed by atoms with Gasteiger partial charge in [-0.2, -0.15) is 0 Å². The van der Waals surface area contributed by atoms with E-state index in [0.717, 1.165) is 5.56 Å². The highest BCUT2D eigenvalue weighted by molar-refractivity contribution is 7.96. The second-order valence-corrected chi connectivity index (χ2v) is 11.1. The molecule has 0 amide bonds. The molecule has 0 bridgehead atoms. The Bertz CT molecular complexity index is 1240. The van der Waals surface area contributed by atoms with Gasteiger partial charge < -0.3 is 5.32 Å². The summed E-state index contributed by atoms with van der Waals surface area (Å²) in [5.74, 6) is -0.431. The summed E-state index contributed by atoms with van der Waals surface area (Å²) in [6, 6.07) is 16.7. The van der Waals surface area contributed by atoms with Gasteiger partial charge in [0.05, 0.1) is 15.5 Å². The summed E-state index contributed by atoms with van der Waals surface area (Å²) >= 11 is 0. The number of hydrogen-bond acceptors (Lipinski definition) is 6. The summed E-state index contributed by atoms with van der Waals surface area (Å²) in [6.07, 6.45) is 3.44. The van der Waals surface area contributed by atoms with Gasteiger partial charge in [0.25, 0.3) is 0 Å². The normalized spacial score (nSPS) is 16.6. The Kier molecular flexibility index (Phi) is 8.24. The molecule has 1 aromatic heterocycles. The molecule has 0 saturated carbocycles. The molecule has 1 atom stereocenters. The maximum Gasteiger partial charge on any atom is 0.186 e. The van der Waals surface area contributed by atoms with E-state index in [1.165, 1.54) is 18.2 Å². The fraction of sp³-hybridized carbons (Fsp3) is 0.190. The molecular formula is C21H22Cl2N2O4S2. The third-order valence-corrected chi connectivity index (χ3v) is 9.09. The predicted molar refractivity (Wildman–Crippen MR) is 124 cm³/mol. The molecule has 1 N–H and O–H groups in total. The maximum atomic E-state index is 13.2. The molecule has 2 aromatic carbocycles. The summed E-state index contributed by atoms with van der Waals surface area (Å²) < 4.78 is 51.9. The van der Waals surface area contributed by atoms with E-state index >= 15 is 0 Å². The maximum absolute atomic E-state index is 13.2. The first-order valence-electron chi connectivity index (χ1n) is 9.13. The number of hydrogen-bond donors (Lipinski definition) is 1. The quantitative estimate of drug-likeness (QED) is 0.556. The van der Waals surface area contributed by atoms with Crippen LogP contribution in [-0.4, -0.2) is 27.6 Å². The number of fused-ring (bicyclic) bond motifs is 1. The van der Waals surface area contributed by atoms with Crippen molar-refractivity contribution < 1.29 is 16.8 Å². The van der Waals surface area contributed by atoms with Crippen LogP contribution in [0.25, 0.3) is 0 Å². The van der Waals surface area contributed by atoms with Crippen molar-refractivity contribution >= 4 is 44.5 Å². The first kappa shape index (κ1) is 25.3. The molecule has 6 nitrogen and oxygen atoms in total. The summed E-state index contributed by atoms with van der Waals surface area (Å²) in [4.78, 5) is 4.31.